The molecule has 0 aliphatic heterocycles. The third kappa shape index (κ3) is 4.39. The number of halogens is 1. The van der Waals surface area contributed by atoms with Gasteiger partial charge in [0.25, 0.3) is 11.8 Å². The molecular weight excluding hydrogens is 492 g/mol. The Morgan fingerprint density at radius 3 is 2.43 bits per heavy atom. The van der Waals surface area contributed by atoms with Crippen LogP contribution in [0.2, 0.25) is 5.02 Å². The molecule has 0 saturated heterocycles. The summed E-state index contributed by atoms with van der Waals surface area (Å²) in [5, 5.41) is 17.0. The molecule has 5 rings (SSSR count). The van der Waals surface area contributed by atoms with Crippen LogP contribution in [0, 0.1) is 0 Å². The van der Waals surface area contributed by atoms with Crippen molar-refractivity contribution in [2.75, 3.05) is 5.32 Å². The SMILES string of the molecule is C=C(C(=O)O)c1ccc(-n2nc(C(N)=O)c3c2-c2cc(NC(=O)c4ccccc4Cl)ccc2CC3)cc1. The lowest BCUT2D eigenvalue weighted by atomic mass is 9.88. The van der Waals surface area contributed by atoms with E-state index in [0.29, 0.717) is 51.6 Å². The van der Waals surface area contributed by atoms with Gasteiger partial charge in [-0.2, -0.15) is 5.10 Å². The van der Waals surface area contributed by atoms with Crippen molar-refractivity contribution in [2.45, 2.75) is 12.8 Å². The van der Waals surface area contributed by atoms with Crippen LogP contribution in [-0.4, -0.2) is 32.7 Å². The van der Waals surface area contributed by atoms with E-state index < -0.39 is 11.9 Å². The van der Waals surface area contributed by atoms with E-state index in [1.165, 1.54) is 0 Å². The molecule has 2 amide bonds. The molecule has 0 saturated carbocycles. The van der Waals surface area contributed by atoms with Gasteiger partial charge in [-0.3, -0.25) is 9.59 Å². The van der Waals surface area contributed by atoms with Gasteiger partial charge in [-0.25, -0.2) is 9.48 Å². The second-order valence-electron chi connectivity index (χ2n) is 8.59. The fourth-order valence-electron chi connectivity index (χ4n) is 4.47. The maximum absolute atomic E-state index is 12.8. The first kappa shape index (κ1) is 24.0. The zero-order chi connectivity index (χ0) is 26.3. The maximum atomic E-state index is 12.8. The molecule has 0 fully saturated rings. The molecule has 1 aliphatic carbocycles. The number of aryl methyl sites for hydroxylation is 1. The molecule has 1 aliphatic rings. The quantitative estimate of drug-likeness (QED) is 0.321. The van der Waals surface area contributed by atoms with Crippen LogP contribution in [0.15, 0.2) is 73.3 Å². The Kier molecular flexibility index (Phi) is 6.11. The Labute approximate surface area is 217 Å². The first-order valence-electron chi connectivity index (χ1n) is 11.4. The summed E-state index contributed by atoms with van der Waals surface area (Å²) in [5.74, 6) is -2.10. The van der Waals surface area contributed by atoms with Crippen molar-refractivity contribution in [3.8, 4) is 16.9 Å². The Morgan fingerprint density at radius 2 is 1.76 bits per heavy atom. The summed E-state index contributed by atoms with van der Waals surface area (Å²) in [6.45, 7) is 3.59. The highest BCUT2D eigenvalue weighted by Crippen LogP contribution is 2.38. The summed E-state index contributed by atoms with van der Waals surface area (Å²) in [5.41, 5.74) is 11.0. The molecular formula is C28H21ClN4O4. The Morgan fingerprint density at radius 1 is 1.03 bits per heavy atom. The smallest absolute Gasteiger partial charge is 0.335 e. The third-order valence-corrected chi connectivity index (χ3v) is 6.65. The van der Waals surface area contributed by atoms with E-state index in [1.807, 2.05) is 18.2 Å². The molecule has 1 aromatic heterocycles. The molecule has 184 valence electrons. The van der Waals surface area contributed by atoms with Crippen molar-refractivity contribution in [3.05, 3.63) is 106 Å². The summed E-state index contributed by atoms with van der Waals surface area (Å²) in [6, 6.07) is 19.1. The molecule has 4 aromatic rings. The molecule has 1 heterocycles. The van der Waals surface area contributed by atoms with Crippen LogP contribution in [-0.2, 0) is 17.6 Å². The number of aromatic nitrogens is 2. The summed E-state index contributed by atoms with van der Waals surface area (Å²) in [7, 11) is 0. The monoisotopic (exact) mass is 512 g/mol. The van der Waals surface area contributed by atoms with Crippen LogP contribution in [0.1, 0.15) is 37.5 Å². The number of primary amides is 1. The van der Waals surface area contributed by atoms with E-state index in [4.69, 9.17) is 17.3 Å². The zero-order valence-corrected chi connectivity index (χ0v) is 20.2. The van der Waals surface area contributed by atoms with Crippen molar-refractivity contribution in [2.24, 2.45) is 5.73 Å². The summed E-state index contributed by atoms with van der Waals surface area (Å²) in [4.78, 5) is 36.4. The van der Waals surface area contributed by atoms with Crippen molar-refractivity contribution >= 4 is 40.6 Å². The highest BCUT2D eigenvalue weighted by atomic mass is 35.5. The van der Waals surface area contributed by atoms with E-state index in [2.05, 4.69) is 17.0 Å². The summed E-state index contributed by atoms with van der Waals surface area (Å²) < 4.78 is 1.63. The van der Waals surface area contributed by atoms with Crippen LogP contribution in [0.4, 0.5) is 5.69 Å². The number of carboxylic acid groups (broad SMARTS) is 1. The van der Waals surface area contributed by atoms with Gasteiger partial charge < -0.3 is 16.2 Å². The lowest BCUT2D eigenvalue weighted by Crippen LogP contribution is -2.15. The Bertz CT molecular complexity index is 1610. The van der Waals surface area contributed by atoms with Gasteiger partial charge in [-0.15, -0.1) is 0 Å². The summed E-state index contributed by atoms with van der Waals surface area (Å²) >= 11 is 6.18. The number of aliphatic carboxylic acids is 1. The van der Waals surface area contributed by atoms with Gasteiger partial charge in [0.1, 0.15) is 0 Å². The second-order valence-corrected chi connectivity index (χ2v) is 9.00. The van der Waals surface area contributed by atoms with Crippen LogP contribution in [0.3, 0.4) is 0 Å². The molecule has 0 bridgehead atoms. The fraction of sp³-hybridized carbons (Fsp3) is 0.0714. The highest BCUT2D eigenvalue weighted by molar-refractivity contribution is 6.34. The van der Waals surface area contributed by atoms with Crippen molar-refractivity contribution in [1.82, 2.24) is 9.78 Å². The van der Waals surface area contributed by atoms with E-state index in [1.54, 1.807) is 53.2 Å². The number of hydrogen-bond acceptors (Lipinski definition) is 4. The number of anilines is 1. The molecule has 0 atom stereocenters. The molecule has 0 unspecified atom stereocenters. The number of fused-ring (bicyclic) bond motifs is 3. The largest absolute Gasteiger partial charge is 0.478 e. The van der Waals surface area contributed by atoms with Crippen molar-refractivity contribution < 1.29 is 19.5 Å². The molecule has 0 spiro atoms. The van der Waals surface area contributed by atoms with Crippen LogP contribution >= 0.6 is 11.6 Å². The normalized spacial score (nSPS) is 11.8. The topological polar surface area (TPSA) is 127 Å². The fourth-order valence-corrected chi connectivity index (χ4v) is 4.69. The Balaban J connectivity index is 1.58. The highest BCUT2D eigenvalue weighted by Gasteiger charge is 2.28. The first-order valence-corrected chi connectivity index (χ1v) is 11.8. The standard InChI is InChI=1S/C28H21ClN4O4/c1-15(28(36)37)16-7-11-19(12-8-16)33-25-21(24(32-33)26(30)34)13-9-17-6-10-18(14-22(17)25)31-27(35)20-4-2-3-5-23(20)29/h2-8,10-12,14H,1,9,13H2,(H2,30,34)(H,31,35)(H,36,37). The number of rotatable bonds is 6. The maximum Gasteiger partial charge on any atom is 0.335 e. The predicted octanol–water partition coefficient (Wildman–Crippen LogP) is 4.74. The second kappa shape index (κ2) is 9.40. The minimum Gasteiger partial charge on any atom is -0.478 e. The minimum atomic E-state index is -1.11. The third-order valence-electron chi connectivity index (χ3n) is 6.32. The van der Waals surface area contributed by atoms with E-state index in [-0.39, 0.29) is 17.2 Å². The van der Waals surface area contributed by atoms with Gasteiger partial charge in [0, 0.05) is 16.8 Å². The van der Waals surface area contributed by atoms with Crippen molar-refractivity contribution in [1.29, 1.82) is 0 Å². The average molecular weight is 513 g/mol. The van der Waals surface area contributed by atoms with Gasteiger partial charge in [0.2, 0.25) is 0 Å². The summed E-state index contributed by atoms with van der Waals surface area (Å²) in [6.07, 6.45) is 1.24. The number of carbonyl (C=O) groups excluding carboxylic acids is 2. The Hall–Kier alpha value is -4.69. The van der Waals surface area contributed by atoms with Gasteiger partial charge in [0.05, 0.1) is 27.5 Å². The lowest BCUT2D eigenvalue weighted by Gasteiger charge is -2.20. The average Bonchev–Trinajstić information content (AvgIpc) is 3.29. The number of nitrogens with two attached hydrogens (primary N) is 1. The molecule has 37 heavy (non-hydrogen) atoms. The van der Waals surface area contributed by atoms with Crippen LogP contribution in [0.25, 0.3) is 22.5 Å². The molecule has 9 heteroatoms. The number of amides is 2. The van der Waals surface area contributed by atoms with E-state index in [0.717, 1.165) is 11.1 Å². The van der Waals surface area contributed by atoms with Crippen molar-refractivity contribution in [3.63, 3.8) is 0 Å². The predicted molar refractivity (Wildman–Crippen MR) is 141 cm³/mol. The molecule has 3 aromatic carbocycles. The molecule has 0 radical (unpaired) electrons. The first-order chi connectivity index (χ1) is 17.7. The van der Waals surface area contributed by atoms with E-state index >= 15 is 0 Å². The van der Waals surface area contributed by atoms with Crippen LogP contribution < -0.4 is 11.1 Å². The minimum absolute atomic E-state index is 0.0314. The van der Waals surface area contributed by atoms with Gasteiger partial charge >= 0.3 is 5.97 Å². The van der Waals surface area contributed by atoms with Gasteiger partial charge in [0.15, 0.2) is 5.69 Å². The molecule has 8 nitrogen and oxygen atoms in total. The number of nitrogens with zero attached hydrogens (tertiary/aromatic N) is 2. The van der Waals surface area contributed by atoms with Crippen LogP contribution in [0.5, 0.6) is 0 Å². The molecule has 4 N–H and O–H groups in total. The lowest BCUT2D eigenvalue weighted by molar-refractivity contribution is -0.130. The number of benzene rings is 3. The number of carboxylic acids is 1. The van der Waals surface area contributed by atoms with Gasteiger partial charge in [-0.05, 0) is 60.4 Å². The van der Waals surface area contributed by atoms with E-state index in [9.17, 15) is 19.5 Å². The number of nitrogens with one attached hydrogen (secondary N) is 1. The number of hydrogen-bond donors (Lipinski definition) is 3. The van der Waals surface area contributed by atoms with Gasteiger partial charge in [-0.1, -0.05) is 48.5 Å². The number of carbonyl (C=O) groups is 3. The zero-order valence-electron chi connectivity index (χ0n) is 19.5.